The van der Waals surface area contributed by atoms with Gasteiger partial charge in [-0.25, -0.2) is 0 Å². The predicted molar refractivity (Wildman–Crippen MR) is 82.0 cm³/mol. The summed E-state index contributed by atoms with van der Waals surface area (Å²) in [5.41, 5.74) is 0.757. The normalized spacial score (nSPS) is 14.2. The van der Waals surface area contributed by atoms with Crippen LogP contribution >= 0.6 is 0 Å². The number of likely N-dealkylation sites (N-methyl/N-ethyl adjacent to an activating group) is 1. The van der Waals surface area contributed by atoms with Crippen LogP contribution in [0.3, 0.4) is 0 Å². The third-order valence-corrected chi connectivity index (χ3v) is 3.92. The van der Waals surface area contributed by atoms with Gasteiger partial charge < -0.3 is 9.84 Å². The second-order valence-electron chi connectivity index (χ2n) is 5.20. The van der Waals surface area contributed by atoms with E-state index in [0.29, 0.717) is 11.7 Å². The maximum absolute atomic E-state index is 5.41. The van der Waals surface area contributed by atoms with Crippen LogP contribution in [-0.4, -0.2) is 28.2 Å². The van der Waals surface area contributed by atoms with E-state index in [1.807, 2.05) is 37.4 Å². The van der Waals surface area contributed by atoms with E-state index in [0.717, 1.165) is 16.5 Å². The minimum absolute atomic E-state index is 0.145. The monoisotopic (exact) mass is 282 g/mol. The van der Waals surface area contributed by atoms with E-state index in [2.05, 4.69) is 34.3 Å². The molecule has 21 heavy (non-hydrogen) atoms. The number of benzene rings is 1. The van der Waals surface area contributed by atoms with Crippen LogP contribution in [-0.2, 0) is 0 Å². The lowest BCUT2D eigenvalue weighted by molar-refractivity contribution is 0.336. The summed E-state index contributed by atoms with van der Waals surface area (Å²) >= 11 is 0. The summed E-state index contributed by atoms with van der Waals surface area (Å²) in [6.45, 7) is 4.15. The maximum atomic E-state index is 5.41. The van der Waals surface area contributed by atoms with Gasteiger partial charge in [0.2, 0.25) is 11.7 Å². The molecule has 3 rings (SSSR count). The van der Waals surface area contributed by atoms with Gasteiger partial charge in [0.25, 0.3) is 0 Å². The molecule has 0 saturated heterocycles. The second kappa shape index (κ2) is 5.61. The molecular formula is C16H18N4O. The quantitative estimate of drug-likeness (QED) is 0.797. The zero-order valence-corrected chi connectivity index (χ0v) is 12.4. The Morgan fingerprint density at radius 1 is 1.14 bits per heavy atom. The summed E-state index contributed by atoms with van der Waals surface area (Å²) in [6, 6.07) is 10.3. The number of rotatable bonds is 4. The van der Waals surface area contributed by atoms with Gasteiger partial charge in [0.1, 0.15) is 5.69 Å². The first kappa shape index (κ1) is 13.7. The number of hydrogen-bond acceptors (Lipinski definition) is 5. The minimum atomic E-state index is 0.145. The van der Waals surface area contributed by atoms with Crippen LogP contribution in [0.1, 0.15) is 25.7 Å². The largest absolute Gasteiger partial charge is 0.339 e. The van der Waals surface area contributed by atoms with Crippen LogP contribution in [0.2, 0.25) is 0 Å². The smallest absolute Gasteiger partial charge is 0.231 e. The van der Waals surface area contributed by atoms with Crippen LogP contribution < -0.4 is 5.32 Å². The van der Waals surface area contributed by atoms with Gasteiger partial charge in [0.15, 0.2) is 0 Å². The van der Waals surface area contributed by atoms with Crippen LogP contribution in [0.4, 0.5) is 0 Å². The molecule has 2 atom stereocenters. The Morgan fingerprint density at radius 2 is 1.95 bits per heavy atom. The highest BCUT2D eigenvalue weighted by Gasteiger charge is 2.21. The Balaban J connectivity index is 2.02. The Kier molecular flexibility index (Phi) is 3.66. The van der Waals surface area contributed by atoms with Gasteiger partial charge in [-0.1, -0.05) is 36.3 Å². The molecule has 1 aromatic carbocycles. The Bertz CT molecular complexity index is 747. The standard InChI is InChI=1S/C16H18N4O/c1-10(11(2)17-3)16-19-15(20-21-16)14-13-7-5-4-6-12(13)8-9-18-14/h4-11,17H,1-3H3. The van der Waals surface area contributed by atoms with E-state index in [1.54, 1.807) is 6.20 Å². The van der Waals surface area contributed by atoms with E-state index >= 15 is 0 Å². The van der Waals surface area contributed by atoms with Crippen molar-refractivity contribution in [3.8, 4) is 11.5 Å². The zero-order valence-electron chi connectivity index (χ0n) is 12.4. The van der Waals surface area contributed by atoms with Crippen molar-refractivity contribution < 1.29 is 4.52 Å². The lowest BCUT2D eigenvalue weighted by Gasteiger charge is -2.14. The second-order valence-corrected chi connectivity index (χ2v) is 5.20. The molecule has 0 aliphatic carbocycles. The highest BCUT2D eigenvalue weighted by Crippen LogP contribution is 2.26. The van der Waals surface area contributed by atoms with Gasteiger partial charge in [-0.3, -0.25) is 4.98 Å². The summed E-state index contributed by atoms with van der Waals surface area (Å²) in [4.78, 5) is 8.93. The highest BCUT2D eigenvalue weighted by atomic mass is 16.5. The topological polar surface area (TPSA) is 63.8 Å². The fourth-order valence-corrected chi connectivity index (χ4v) is 2.28. The van der Waals surface area contributed by atoms with E-state index < -0.39 is 0 Å². The summed E-state index contributed by atoms with van der Waals surface area (Å²) in [5, 5.41) is 9.44. The Labute approximate surface area is 123 Å². The molecule has 1 N–H and O–H groups in total. The molecule has 0 aliphatic rings. The lowest BCUT2D eigenvalue weighted by atomic mass is 10.0. The first-order valence-electron chi connectivity index (χ1n) is 7.05. The van der Waals surface area contributed by atoms with Crippen LogP contribution in [0, 0.1) is 0 Å². The van der Waals surface area contributed by atoms with E-state index in [9.17, 15) is 0 Å². The fraction of sp³-hybridized carbons (Fsp3) is 0.312. The summed E-state index contributed by atoms with van der Waals surface area (Å²) in [6.07, 6.45) is 1.77. The van der Waals surface area contributed by atoms with Gasteiger partial charge in [0.05, 0.1) is 5.92 Å². The van der Waals surface area contributed by atoms with Crippen molar-refractivity contribution in [2.24, 2.45) is 0 Å². The van der Waals surface area contributed by atoms with Gasteiger partial charge in [-0.05, 0) is 25.4 Å². The van der Waals surface area contributed by atoms with Crippen molar-refractivity contribution in [3.05, 3.63) is 42.4 Å². The first-order valence-corrected chi connectivity index (χ1v) is 7.05. The molecule has 2 unspecified atom stereocenters. The van der Waals surface area contributed by atoms with Crippen LogP contribution in [0.15, 0.2) is 41.1 Å². The average Bonchev–Trinajstić information content (AvgIpc) is 3.02. The Morgan fingerprint density at radius 3 is 2.76 bits per heavy atom. The molecule has 5 nitrogen and oxygen atoms in total. The molecule has 5 heteroatoms. The van der Waals surface area contributed by atoms with Crippen molar-refractivity contribution >= 4 is 10.8 Å². The van der Waals surface area contributed by atoms with Crippen molar-refractivity contribution in [3.63, 3.8) is 0 Å². The first-order chi connectivity index (χ1) is 10.2. The van der Waals surface area contributed by atoms with Gasteiger partial charge >= 0.3 is 0 Å². The van der Waals surface area contributed by atoms with Gasteiger partial charge in [-0.15, -0.1) is 0 Å². The molecular weight excluding hydrogens is 264 g/mol. The molecule has 108 valence electrons. The number of hydrogen-bond donors (Lipinski definition) is 1. The van der Waals surface area contributed by atoms with E-state index in [1.165, 1.54) is 0 Å². The molecule has 0 saturated carbocycles. The predicted octanol–water partition coefficient (Wildman–Crippen LogP) is 3.00. The van der Waals surface area contributed by atoms with Crippen LogP contribution in [0.5, 0.6) is 0 Å². The average molecular weight is 282 g/mol. The molecule has 0 aliphatic heterocycles. The minimum Gasteiger partial charge on any atom is -0.339 e. The summed E-state index contributed by atoms with van der Waals surface area (Å²) in [5.74, 6) is 1.31. The summed E-state index contributed by atoms with van der Waals surface area (Å²) in [7, 11) is 1.92. The SMILES string of the molecule is CNC(C)C(C)c1nc(-c2nccc3ccccc23)no1. The zero-order chi connectivity index (χ0) is 14.8. The molecule has 0 fully saturated rings. The molecule has 2 aromatic heterocycles. The lowest BCUT2D eigenvalue weighted by Crippen LogP contribution is -2.27. The van der Waals surface area contributed by atoms with Crippen LogP contribution in [0.25, 0.3) is 22.3 Å². The van der Waals surface area contributed by atoms with Crippen molar-refractivity contribution in [1.29, 1.82) is 0 Å². The third-order valence-electron chi connectivity index (χ3n) is 3.92. The number of nitrogens with zero attached hydrogens (tertiary/aromatic N) is 3. The molecule has 0 spiro atoms. The van der Waals surface area contributed by atoms with Gasteiger partial charge in [0, 0.05) is 17.6 Å². The summed E-state index contributed by atoms with van der Waals surface area (Å²) < 4.78 is 5.41. The molecule has 0 bridgehead atoms. The molecule has 0 radical (unpaired) electrons. The van der Waals surface area contributed by atoms with Crippen molar-refractivity contribution in [2.75, 3.05) is 7.05 Å². The van der Waals surface area contributed by atoms with Crippen molar-refractivity contribution in [1.82, 2.24) is 20.4 Å². The van der Waals surface area contributed by atoms with E-state index in [-0.39, 0.29) is 12.0 Å². The molecule has 0 amide bonds. The Hall–Kier alpha value is -2.27. The maximum Gasteiger partial charge on any atom is 0.231 e. The highest BCUT2D eigenvalue weighted by molar-refractivity contribution is 5.92. The number of nitrogens with one attached hydrogen (secondary N) is 1. The third kappa shape index (κ3) is 2.52. The number of fused-ring (bicyclic) bond motifs is 1. The molecule has 3 aromatic rings. The van der Waals surface area contributed by atoms with E-state index in [4.69, 9.17) is 4.52 Å². The van der Waals surface area contributed by atoms with Gasteiger partial charge in [-0.2, -0.15) is 4.98 Å². The van der Waals surface area contributed by atoms with Crippen molar-refractivity contribution in [2.45, 2.75) is 25.8 Å². The number of aromatic nitrogens is 3. The fourth-order valence-electron chi connectivity index (χ4n) is 2.28. The number of pyridine rings is 1. The molecule has 2 heterocycles.